The van der Waals surface area contributed by atoms with Gasteiger partial charge in [-0.1, -0.05) is 19.6 Å². The van der Waals surface area contributed by atoms with Gasteiger partial charge in [0.1, 0.15) is 24.4 Å². The van der Waals surface area contributed by atoms with Crippen molar-refractivity contribution in [2.75, 3.05) is 26.1 Å². The van der Waals surface area contributed by atoms with Crippen molar-refractivity contribution < 1.29 is 27.8 Å². The van der Waals surface area contributed by atoms with Crippen LogP contribution in [-0.4, -0.2) is 55.5 Å². The molecule has 4 rings (SSSR count). The molecule has 0 aliphatic heterocycles. The molecule has 1 amide bonds. The van der Waals surface area contributed by atoms with E-state index in [2.05, 4.69) is 34.9 Å². The summed E-state index contributed by atoms with van der Waals surface area (Å²) in [4.78, 5) is 20.9. The Hall–Kier alpha value is -3.05. The van der Waals surface area contributed by atoms with E-state index in [1.807, 2.05) is 0 Å². The van der Waals surface area contributed by atoms with Crippen LogP contribution in [0.1, 0.15) is 6.42 Å². The number of carbonyl (C=O) groups excluding carboxylic acids is 1. The van der Waals surface area contributed by atoms with Crippen LogP contribution in [0.4, 0.5) is 14.6 Å². The van der Waals surface area contributed by atoms with Crippen molar-refractivity contribution in [3.8, 4) is 22.8 Å². The highest BCUT2D eigenvalue weighted by Gasteiger charge is 2.43. The number of methoxy groups -OCH3 is 2. The van der Waals surface area contributed by atoms with Crippen LogP contribution < -0.4 is 14.8 Å². The molecule has 35 heavy (non-hydrogen) atoms. The molecule has 1 aliphatic rings. The van der Waals surface area contributed by atoms with Crippen LogP contribution in [0.25, 0.3) is 22.2 Å². The number of aromatic nitrogens is 3. The molecule has 3 aromatic rings. The second-order valence-electron chi connectivity index (χ2n) is 9.80. The van der Waals surface area contributed by atoms with E-state index < -0.39 is 31.9 Å². The first-order valence-electron chi connectivity index (χ1n) is 11.4. The van der Waals surface area contributed by atoms with Crippen LogP contribution in [-0.2, 0) is 16.3 Å². The highest BCUT2D eigenvalue weighted by molar-refractivity contribution is 6.76. The Kier molecular flexibility index (Phi) is 7.09. The fraction of sp³-hybridized carbons (Fsp3) is 0.458. The first-order chi connectivity index (χ1) is 16.6. The molecule has 0 bridgehead atoms. The summed E-state index contributed by atoms with van der Waals surface area (Å²) in [6, 6.07) is 4.38. The molecule has 1 N–H and O–H groups in total. The molecule has 1 fully saturated rings. The molecule has 0 aromatic carbocycles. The van der Waals surface area contributed by atoms with Gasteiger partial charge in [-0.3, -0.25) is 4.79 Å². The lowest BCUT2D eigenvalue weighted by Gasteiger charge is -2.15. The van der Waals surface area contributed by atoms with Gasteiger partial charge in [0.2, 0.25) is 11.8 Å². The first-order valence-corrected chi connectivity index (χ1v) is 15.1. The van der Waals surface area contributed by atoms with Gasteiger partial charge < -0.3 is 24.1 Å². The second-order valence-corrected chi connectivity index (χ2v) is 15.4. The number of amides is 1. The van der Waals surface area contributed by atoms with Crippen LogP contribution >= 0.6 is 0 Å². The Morgan fingerprint density at radius 2 is 2.00 bits per heavy atom. The van der Waals surface area contributed by atoms with E-state index in [4.69, 9.17) is 14.2 Å². The van der Waals surface area contributed by atoms with Gasteiger partial charge in [0.15, 0.2) is 11.6 Å². The zero-order chi connectivity index (χ0) is 25.3. The number of anilines is 1. The number of carbonyl (C=O) groups is 1. The van der Waals surface area contributed by atoms with E-state index in [1.54, 1.807) is 22.9 Å². The Labute approximate surface area is 203 Å². The number of nitrogens with one attached hydrogen (secondary N) is 1. The molecular weight excluding hydrogens is 474 g/mol. The summed E-state index contributed by atoms with van der Waals surface area (Å²) in [6.45, 7) is 7.61. The summed E-state index contributed by atoms with van der Waals surface area (Å²) in [5, 5.41) is 3.35. The molecule has 11 heteroatoms. The van der Waals surface area contributed by atoms with Gasteiger partial charge in [-0.2, -0.15) is 0 Å². The van der Waals surface area contributed by atoms with Crippen molar-refractivity contribution in [1.29, 1.82) is 0 Å². The van der Waals surface area contributed by atoms with Crippen LogP contribution in [0, 0.1) is 11.7 Å². The molecule has 2 atom stereocenters. The molecule has 0 saturated heterocycles. The number of nitrogens with zero attached hydrogens (tertiary/aromatic N) is 3. The number of pyridine rings is 2. The van der Waals surface area contributed by atoms with Gasteiger partial charge in [-0.15, -0.1) is 0 Å². The average Bonchev–Trinajstić information content (AvgIpc) is 3.44. The van der Waals surface area contributed by atoms with Crippen molar-refractivity contribution in [3.05, 3.63) is 30.3 Å². The minimum atomic E-state index is -1.28. The molecule has 3 aromatic heterocycles. The van der Waals surface area contributed by atoms with E-state index in [1.165, 1.54) is 14.2 Å². The molecule has 8 nitrogen and oxygen atoms in total. The van der Waals surface area contributed by atoms with Crippen molar-refractivity contribution >= 4 is 30.8 Å². The zero-order valence-electron chi connectivity index (χ0n) is 20.5. The Morgan fingerprint density at radius 1 is 1.26 bits per heavy atom. The molecule has 1 saturated carbocycles. The lowest BCUT2D eigenvalue weighted by atomic mass is 10.1. The third-order valence-electron chi connectivity index (χ3n) is 5.87. The fourth-order valence-corrected chi connectivity index (χ4v) is 4.53. The monoisotopic (exact) mass is 504 g/mol. The highest BCUT2D eigenvalue weighted by Crippen LogP contribution is 2.42. The quantitative estimate of drug-likeness (QED) is 0.313. The highest BCUT2D eigenvalue weighted by atomic mass is 28.3. The maximum atomic E-state index is 14.6. The topological polar surface area (TPSA) is 87.5 Å². The van der Waals surface area contributed by atoms with Crippen molar-refractivity contribution in [2.24, 2.45) is 5.92 Å². The number of hydrogen-bond donors (Lipinski definition) is 1. The third-order valence-corrected chi connectivity index (χ3v) is 7.57. The summed E-state index contributed by atoms with van der Waals surface area (Å²) in [5.74, 6) is -1.17. The molecule has 0 spiro atoms. The van der Waals surface area contributed by atoms with Gasteiger partial charge >= 0.3 is 0 Å². The number of alkyl halides is 1. The number of hydrogen-bond acceptors (Lipinski definition) is 6. The van der Waals surface area contributed by atoms with Crippen molar-refractivity contribution in [3.63, 3.8) is 0 Å². The standard InChI is InChI=1S/C24H30F2N4O4Si/c1-32-21-18(26)11-27-24(33-2)20(21)16-12-30(13-34-8-9-35(3,4)5)22-14(16)6-7-19(28-22)29-23(31)15-10-17(15)25/h6-7,11-12,15,17H,8-10,13H2,1-5H3,(H,28,29,31)/t15-,17+/m1/s1. The Balaban J connectivity index is 1.75. The van der Waals surface area contributed by atoms with Gasteiger partial charge in [-0.05, 0) is 24.6 Å². The molecule has 3 heterocycles. The van der Waals surface area contributed by atoms with Gasteiger partial charge in [0.05, 0.1) is 31.9 Å². The van der Waals surface area contributed by atoms with Gasteiger partial charge in [0, 0.05) is 31.8 Å². The van der Waals surface area contributed by atoms with Crippen LogP contribution in [0.2, 0.25) is 25.7 Å². The Bertz CT molecular complexity index is 1240. The lowest BCUT2D eigenvalue weighted by Crippen LogP contribution is -2.22. The smallest absolute Gasteiger partial charge is 0.231 e. The number of halogens is 2. The summed E-state index contributed by atoms with van der Waals surface area (Å²) in [5.41, 5.74) is 1.44. The summed E-state index contributed by atoms with van der Waals surface area (Å²) >= 11 is 0. The average molecular weight is 505 g/mol. The molecule has 0 radical (unpaired) electrons. The maximum Gasteiger partial charge on any atom is 0.231 e. The summed E-state index contributed by atoms with van der Waals surface area (Å²) in [7, 11) is 1.55. The fourth-order valence-electron chi connectivity index (χ4n) is 3.77. The predicted molar refractivity (Wildman–Crippen MR) is 132 cm³/mol. The molecule has 188 valence electrons. The number of rotatable bonds is 10. The third kappa shape index (κ3) is 5.45. The first kappa shape index (κ1) is 25.1. The SMILES string of the molecule is COc1ncc(F)c(OC)c1-c1cn(COCC[Si](C)(C)C)c2nc(NC(=O)[C@@H]3C[C@@H]3F)ccc12. The van der Waals surface area contributed by atoms with E-state index in [9.17, 15) is 13.6 Å². The number of ether oxygens (including phenoxy) is 3. The molecule has 1 aliphatic carbocycles. The van der Waals surface area contributed by atoms with E-state index >= 15 is 0 Å². The Morgan fingerprint density at radius 3 is 2.63 bits per heavy atom. The van der Waals surface area contributed by atoms with E-state index in [0.717, 1.165) is 12.2 Å². The molecular formula is C24H30F2N4O4Si. The van der Waals surface area contributed by atoms with Crippen LogP contribution in [0.3, 0.4) is 0 Å². The van der Waals surface area contributed by atoms with Crippen molar-refractivity contribution in [2.45, 2.75) is 45.0 Å². The molecule has 0 unspecified atom stereocenters. The largest absolute Gasteiger partial charge is 0.493 e. The summed E-state index contributed by atoms with van der Waals surface area (Å²) in [6.07, 6.45) is 1.94. The predicted octanol–water partition coefficient (Wildman–Crippen LogP) is 4.86. The minimum absolute atomic E-state index is 0.00403. The zero-order valence-corrected chi connectivity index (χ0v) is 21.5. The second kappa shape index (κ2) is 9.90. The minimum Gasteiger partial charge on any atom is -0.493 e. The van der Waals surface area contributed by atoms with E-state index in [0.29, 0.717) is 34.6 Å². The van der Waals surface area contributed by atoms with Crippen LogP contribution in [0.15, 0.2) is 24.5 Å². The van der Waals surface area contributed by atoms with Gasteiger partial charge in [-0.25, -0.2) is 18.7 Å². The van der Waals surface area contributed by atoms with E-state index in [-0.39, 0.29) is 24.8 Å². The number of fused-ring (bicyclic) bond motifs is 1. The summed E-state index contributed by atoms with van der Waals surface area (Å²) < 4.78 is 46.4. The normalized spacial score (nSPS) is 17.5. The van der Waals surface area contributed by atoms with Gasteiger partial charge in [0.25, 0.3) is 0 Å². The lowest BCUT2D eigenvalue weighted by molar-refractivity contribution is -0.117. The maximum absolute atomic E-state index is 14.6. The van der Waals surface area contributed by atoms with Crippen molar-refractivity contribution in [1.82, 2.24) is 14.5 Å². The van der Waals surface area contributed by atoms with Crippen LogP contribution in [0.5, 0.6) is 11.6 Å².